The van der Waals surface area contributed by atoms with E-state index in [4.69, 9.17) is 14.2 Å². The molecule has 28 heavy (non-hydrogen) atoms. The Hall–Kier alpha value is -2.04. The fourth-order valence-corrected chi connectivity index (χ4v) is 6.00. The number of carbonyl (C=O) groups excluding carboxylic acids is 2. The Morgan fingerprint density at radius 3 is 2.07 bits per heavy atom. The van der Waals surface area contributed by atoms with Crippen LogP contribution >= 0.6 is 0 Å². The molecule has 4 aliphatic rings. The highest BCUT2D eigenvalue weighted by Gasteiger charge is 2.54. The Labute approximate surface area is 166 Å². The molecule has 0 aromatic heterocycles. The van der Waals surface area contributed by atoms with Crippen LogP contribution in [0.15, 0.2) is 18.2 Å². The molecule has 152 valence electrons. The summed E-state index contributed by atoms with van der Waals surface area (Å²) in [6.45, 7) is 4.65. The Bertz CT molecular complexity index is 718. The number of hydrogen-bond donors (Lipinski definition) is 0. The lowest BCUT2D eigenvalue weighted by atomic mass is 9.48. The van der Waals surface area contributed by atoms with Crippen molar-refractivity contribution in [1.29, 1.82) is 0 Å². The van der Waals surface area contributed by atoms with Gasteiger partial charge in [0.1, 0.15) is 0 Å². The number of hydrogen-bond acceptors (Lipinski definition) is 5. The van der Waals surface area contributed by atoms with Gasteiger partial charge in [0, 0.05) is 5.41 Å². The largest absolute Gasteiger partial charge is 0.490 e. The van der Waals surface area contributed by atoms with Gasteiger partial charge in [-0.25, -0.2) is 4.79 Å². The first kappa shape index (κ1) is 19.3. The fourth-order valence-electron chi connectivity index (χ4n) is 6.00. The smallest absolute Gasteiger partial charge is 0.338 e. The number of carbonyl (C=O) groups is 2. The summed E-state index contributed by atoms with van der Waals surface area (Å²) in [6.07, 6.45) is 6.85. The number of ketones is 1. The molecule has 5 rings (SSSR count). The van der Waals surface area contributed by atoms with Gasteiger partial charge in [-0.1, -0.05) is 0 Å². The van der Waals surface area contributed by atoms with Gasteiger partial charge < -0.3 is 14.2 Å². The first-order valence-electron chi connectivity index (χ1n) is 10.6. The Morgan fingerprint density at radius 1 is 0.929 bits per heavy atom. The van der Waals surface area contributed by atoms with Gasteiger partial charge in [-0.3, -0.25) is 4.79 Å². The van der Waals surface area contributed by atoms with Crippen molar-refractivity contribution in [3.8, 4) is 11.5 Å². The SMILES string of the molecule is CCOc1ccc(C(=O)OCC(=O)C23CC4CC(CC(C4)C2)C3)cc1OCC. The molecule has 0 unspecified atom stereocenters. The van der Waals surface area contributed by atoms with Crippen LogP contribution in [0.3, 0.4) is 0 Å². The zero-order valence-electron chi connectivity index (χ0n) is 16.9. The van der Waals surface area contributed by atoms with Crippen LogP contribution in [0.25, 0.3) is 0 Å². The second-order valence-corrected chi connectivity index (χ2v) is 8.72. The molecule has 0 heterocycles. The average Bonchev–Trinajstić information content (AvgIpc) is 2.66. The van der Waals surface area contributed by atoms with Crippen molar-refractivity contribution in [3.63, 3.8) is 0 Å². The molecule has 0 atom stereocenters. The highest BCUT2D eigenvalue weighted by molar-refractivity contribution is 5.93. The van der Waals surface area contributed by atoms with Crippen molar-refractivity contribution in [2.45, 2.75) is 52.4 Å². The molecule has 4 bridgehead atoms. The predicted molar refractivity (Wildman–Crippen MR) is 105 cm³/mol. The molecule has 0 amide bonds. The highest BCUT2D eigenvalue weighted by Crippen LogP contribution is 2.60. The molecule has 5 nitrogen and oxygen atoms in total. The van der Waals surface area contributed by atoms with Crippen molar-refractivity contribution < 1.29 is 23.8 Å². The molecule has 0 radical (unpaired) electrons. The zero-order chi connectivity index (χ0) is 19.7. The van der Waals surface area contributed by atoms with Gasteiger partial charge in [0.05, 0.1) is 18.8 Å². The number of rotatable bonds is 8. The lowest BCUT2D eigenvalue weighted by Gasteiger charge is -2.55. The van der Waals surface area contributed by atoms with E-state index in [2.05, 4.69) is 0 Å². The van der Waals surface area contributed by atoms with Crippen molar-refractivity contribution in [3.05, 3.63) is 23.8 Å². The van der Waals surface area contributed by atoms with Crippen LogP contribution < -0.4 is 9.47 Å². The molecule has 4 fully saturated rings. The van der Waals surface area contributed by atoms with Crippen LogP contribution in [-0.2, 0) is 9.53 Å². The second-order valence-electron chi connectivity index (χ2n) is 8.72. The molecule has 0 spiro atoms. The summed E-state index contributed by atoms with van der Waals surface area (Å²) in [6, 6.07) is 5.00. The van der Waals surface area contributed by atoms with Crippen molar-refractivity contribution >= 4 is 11.8 Å². The molecule has 4 saturated carbocycles. The summed E-state index contributed by atoms with van der Waals surface area (Å²) < 4.78 is 16.5. The maximum atomic E-state index is 13.0. The van der Waals surface area contributed by atoms with Crippen LogP contribution in [0.1, 0.15) is 62.7 Å². The lowest BCUT2D eigenvalue weighted by Crippen LogP contribution is -2.51. The van der Waals surface area contributed by atoms with Gasteiger partial charge in [-0.2, -0.15) is 0 Å². The standard InChI is InChI=1S/C23H30O5/c1-3-26-19-6-5-18(10-20(19)27-4-2)22(25)28-14-21(24)23-11-15-7-16(12-23)9-17(8-15)13-23/h5-6,10,15-17H,3-4,7-9,11-14H2,1-2H3. The van der Waals surface area contributed by atoms with Crippen molar-refractivity contribution in [2.24, 2.45) is 23.2 Å². The minimum atomic E-state index is -0.484. The monoisotopic (exact) mass is 386 g/mol. The maximum absolute atomic E-state index is 13.0. The summed E-state index contributed by atoms with van der Waals surface area (Å²) in [7, 11) is 0. The van der Waals surface area contributed by atoms with Gasteiger partial charge in [-0.15, -0.1) is 0 Å². The summed E-state index contributed by atoms with van der Waals surface area (Å²) in [5, 5.41) is 0. The maximum Gasteiger partial charge on any atom is 0.338 e. The first-order chi connectivity index (χ1) is 13.5. The summed E-state index contributed by atoms with van der Waals surface area (Å²) >= 11 is 0. The minimum absolute atomic E-state index is 0.121. The van der Waals surface area contributed by atoms with Gasteiger partial charge in [-0.05, 0) is 88.3 Å². The molecule has 1 aromatic carbocycles. The Kier molecular flexibility index (Phi) is 5.35. The van der Waals surface area contributed by atoms with E-state index in [0.29, 0.717) is 48.0 Å². The van der Waals surface area contributed by atoms with Crippen molar-refractivity contribution in [2.75, 3.05) is 19.8 Å². The van der Waals surface area contributed by atoms with Crippen molar-refractivity contribution in [1.82, 2.24) is 0 Å². The third kappa shape index (κ3) is 3.63. The number of Topliss-reactive ketones (excluding diaryl/α,β-unsaturated/α-hetero) is 1. The van der Waals surface area contributed by atoms with E-state index in [0.717, 1.165) is 19.3 Å². The number of benzene rings is 1. The summed E-state index contributed by atoms with van der Waals surface area (Å²) in [4.78, 5) is 25.6. The Morgan fingerprint density at radius 2 is 1.50 bits per heavy atom. The zero-order valence-corrected chi connectivity index (χ0v) is 16.9. The first-order valence-corrected chi connectivity index (χ1v) is 10.6. The van der Waals surface area contributed by atoms with Crippen LogP contribution in [0.2, 0.25) is 0 Å². The van der Waals surface area contributed by atoms with E-state index in [-0.39, 0.29) is 17.8 Å². The van der Waals surface area contributed by atoms with Gasteiger partial charge >= 0.3 is 5.97 Å². The van der Waals surface area contributed by atoms with Crippen LogP contribution in [0, 0.1) is 23.2 Å². The molecule has 5 heteroatoms. The van der Waals surface area contributed by atoms with Crippen LogP contribution in [0.5, 0.6) is 11.5 Å². The topological polar surface area (TPSA) is 61.8 Å². The third-order valence-corrected chi connectivity index (χ3v) is 6.74. The minimum Gasteiger partial charge on any atom is -0.490 e. The van der Waals surface area contributed by atoms with Gasteiger partial charge in [0.15, 0.2) is 23.9 Å². The predicted octanol–water partition coefficient (Wildman–Crippen LogP) is 4.43. The molecule has 4 aliphatic carbocycles. The Balaban J connectivity index is 1.40. The van der Waals surface area contributed by atoms with Crippen LogP contribution in [-0.4, -0.2) is 31.6 Å². The van der Waals surface area contributed by atoms with Crippen LogP contribution in [0.4, 0.5) is 0 Å². The normalized spacial score (nSPS) is 30.1. The molecular weight excluding hydrogens is 356 g/mol. The summed E-state index contributed by atoms with van der Waals surface area (Å²) in [5.74, 6) is 2.86. The third-order valence-electron chi connectivity index (χ3n) is 6.74. The van der Waals surface area contributed by atoms with E-state index >= 15 is 0 Å². The van der Waals surface area contributed by atoms with E-state index < -0.39 is 5.97 Å². The highest BCUT2D eigenvalue weighted by atomic mass is 16.5. The molecule has 0 saturated heterocycles. The van der Waals surface area contributed by atoms with Gasteiger partial charge in [0.2, 0.25) is 0 Å². The molecule has 0 aliphatic heterocycles. The quantitative estimate of drug-likeness (QED) is 0.619. The molecule has 0 N–H and O–H groups in total. The van der Waals surface area contributed by atoms with E-state index in [1.54, 1.807) is 18.2 Å². The van der Waals surface area contributed by atoms with E-state index in [1.165, 1.54) is 19.3 Å². The lowest BCUT2D eigenvalue weighted by molar-refractivity contribution is -0.147. The molecule has 1 aromatic rings. The average molecular weight is 386 g/mol. The number of ether oxygens (including phenoxy) is 3. The number of esters is 1. The van der Waals surface area contributed by atoms with Gasteiger partial charge in [0.25, 0.3) is 0 Å². The summed E-state index contributed by atoms with van der Waals surface area (Å²) in [5.41, 5.74) is 0.148. The van der Waals surface area contributed by atoms with E-state index in [9.17, 15) is 9.59 Å². The fraction of sp³-hybridized carbons (Fsp3) is 0.652. The second kappa shape index (κ2) is 7.76. The van der Waals surface area contributed by atoms with E-state index in [1.807, 2.05) is 13.8 Å². The molecular formula is C23H30O5.